The summed E-state index contributed by atoms with van der Waals surface area (Å²) in [5.74, 6) is -0.403. The zero-order chi connectivity index (χ0) is 25.4. The van der Waals surface area contributed by atoms with Crippen molar-refractivity contribution in [3.63, 3.8) is 0 Å². The molecule has 1 aromatic carbocycles. The smallest absolute Gasteiger partial charge is 0.313 e. The lowest BCUT2D eigenvalue weighted by atomic mass is 9.89. The lowest BCUT2D eigenvalue weighted by molar-refractivity contribution is -0.146. The number of nitrogens with zero attached hydrogens (tertiary/aromatic N) is 4. The molecule has 2 amide bonds. The van der Waals surface area contributed by atoms with Gasteiger partial charge in [0.2, 0.25) is 0 Å². The van der Waals surface area contributed by atoms with Crippen LogP contribution in [-0.4, -0.2) is 51.7 Å². The van der Waals surface area contributed by atoms with Gasteiger partial charge in [0.05, 0.1) is 34.2 Å². The van der Waals surface area contributed by atoms with Crippen LogP contribution in [0.1, 0.15) is 67.7 Å². The van der Waals surface area contributed by atoms with Gasteiger partial charge in [0, 0.05) is 6.54 Å². The predicted octanol–water partition coefficient (Wildman–Crippen LogP) is 4.54. The van der Waals surface area contributed by atoms with Crippen molar-refractivity contribution >= 4 is 44.9 Å². The molecule has 2 fully saturated rings. The number of piperidine rings is 1. The zero-order valence-corrected chi connectivity index (χ0v) is 22.0. The Kier molecular flexibility index (Phi) is 6.94. The standard InChI is InChI=1S/C27H34N6O2S/c1-4-17-12-19(14-29-24(17)28)30-25(34)27(35)33-15-16(2)7-9-21(33)18-8-10-23-20(13-18)31-26(36-23)22-6-5-11-32(22)3/h8,10,12-14,16,21-22H,4-7,9,11,15H2,1-3H3,(H2,28,29)(H,30,34)/t16-,21+,22-/m0/s1. The van der Waals surface area contributed by atoms with E-state index in [1.165, 1.54) is 12.6 Å². The number of thiazole rings is 1. The highest BCUT2D eigenvalue weighted by atomic mass is 32.1. The molecule has 4 heterocycles. The van der Waals surface area contributed by atoms with E-state index in [-0.39, 0.29) is 6.04 Å². The van der Waals surface area contributed by atoms with Crippen LogP contribution in [0.15, 0.2) is 30.5 Å². The molecule has 36 heavy (non-hydrogen) atoms. The van der Waals surface area contributed by atoms with Crippen LogP contribution in [0.5, 0.6) is 0 Å². The molecule has 0 bridgehead atoms. The van der Waals surface area contributed by atoms with Crippen LogP contribution >= 0.6 is 11.3 Å². The number of carbonyl (C=O) groups is 2. The molecule has 0 aliphatic carbocycles. The molecule has 9 heteroatoms. The molecule has 3 aromatic rings. The maximum absolute atomic E-state index is 13.4. The van der Waals surface area contributed by atoms with Crippen molar-refractivity contribution in [2.24, 2.45) is 5.92 Å². The lowest BCUT2D eigenvalue weighted by Crippen LogP contribution is -2.46. The highest BCUT2D eigenvalue weighted by molar-refractivity contribution is 7.18. The SMILES string of the molecule is CCc1cc(NC(=O)C(=O)N2C[C@@H](C)CC[C@@H]2c2ccc3sc([C@@H]4CCCN4C)nc3c2)cnc1N. The molecule has 5 rings (SSSR count). The Labute approximate surface area is 215 Å². The van der Waals surface area contributed by atoms with Crippen molar-refractivity contribution in [1.29, 1.82) is 0 Å². The van der Waals surface area contributed by atoms with Crippen molar-refractivity contribution in [3.05, 3.63) is 46.6 Å². The van der Waals surface area contributed by atoms with E-state index in [9.17, 15) is 9.59 Å². The Bertz CT molecular complexity index is 1290. The summed E-state index contributed by atoms with van der Waals surface area (Å²) in [6.45, 7) is 5.75. The second-order valence-electron chi connectivity index (χ2n) is 10.1. The summed E-state index contributed by atoms with van der Waals surface area (Å²) >= 11 is 1.76. The average Bonchev–Trinajstić information content (AvgIpc) is 3.49. The summed E-state index contributed by atoms with van der Waals surface area (Å²) in [7, 11) is 2.16. The van der Waals surface area contributed by atoms with Gasteiger partial charge < -0.3 is 16.0 Å². The van der Waals surface area contributed by atoms with Gasteiger partial charge >= 0.3 is 11.8 Å². The first-order valence-electron chi connectivity index (χ1n) is 12.8. The van der Waals surface area contributed by atoms with Gasteiger partial charge in [-0.05, 0) is 80.9 Å². The monoisotopic (exact) mass is 506 g/mol. The van der Waals surface area contributed by atoms with Crippen LogP contribution in [0.25, 0.3) is 10.2 Å². The third-order valence-corrected chi connectivity index (χ3v) is 8.67. The Morgan fingerprint density at radius 1 is 1.19 bits per heavy atom. The van der Waals surface area contributed by atoms with E-state index in [1.807, 2.05) is 6.92 Å². The number of hydrogen-bond acceptors (Lipinski definition) is 7. The number of nitrogens with one attached hydrogen (secondary N) is 1. The summed E-state index contributed by atoms with van der Waals surface area (Å²) in [5.41, 5.74) is 9.21. The number of hydrogen-bond donors (Lipinski definition) is 2. The highest BCUT2D eigenvalue weighted by Gasteiger charge is 2.35. The van der Waals surface area contributed by atoms with Crippen molar-refractivity contribution < 1.29 is 9.59 Å². The minimum atomic E-state index is -0.649. The molecule has 190 valence electrons. The molecular weight excluding hydrogens is 472 g/mol. The first-order valence-corrected chi connectivity index (χ1v) is 13.6. The fraction of sp³-hybridized carbons (Fsp3) is 0.481. The largest absolute Gasteiger partial charge is 0.383 e. The van der Waals surface area contributed by atoms with Gasteiger partial charge in [-0.25, -0.2) is 9.97 Å². The molecule has 0 radical (unpaired) electrons. The van der Waals surface area contributed by atoms with Gasteiger partial charge in [-0.1, -0.05) is 19.9 Å². The molecule has 2 saturated heterocycles. The molecule has 2 aliphatic rings. The Morgan fingerprint density at radius 2 is 2.03 bits per heavy atom. The Hall–Kier alpha value is -3.04. The second kappa shape index (κ2) is 10.1. The molecule has 8 nitrogen and oxygen atoms in total. The van der Waals surface area contributed by atoms with E-state index in [0.717, 1.165) is 52.2 Å². The summed E-state index contributed by atoms with van der Waals surface area (Å²) in [6.07, 6.45) is 6.35. The number of nitrogen functional groups attached to an aromatic ring is 1. The molecule has 2 aromatic heterocycles. The minimum absolute atomic E-state index is 0.154. The number of rotatable bonds is 4. The van der Waals surface area contributed by atoms with Gasteiger partial charge in [0.1, 0.15) is 10.8 Å². The van der Waals surface area contributed by atoms with Gasteiger partial charge in [-0.3, -0.25) is 14.5 Å². The van der Waals surface area contributed by atoms with E-state index in [4.69, 9.17) is 10.7 Å². The van der Waals surface area contributed by atoms with Crippen molar-refractivity contribution in [2.45, 2.75) is 58.0 Å². The number of aromatic nitrogens is 2. The molecule has 0 spiro atoms. The van der Waals surface area contributed by atoms with Crippen LogP contribution < -0.4 is 11.1 Å². The van der Waals surface area contributed by atoms with Crippen LogP contribution in [0, 0.1) is 5.92 Å². The number of likely N-dealkylation sites (tertiary alicyclic amines) is 2. The van der Waals surface area contributed by atoms with Gasteiger partial charge in [-0.2, -0.15) is 0 Å². The van der Waals surface area contributed by atoms with Crippen LogP contribution in [0.2, 0.25) is 0 Å². The lowest BCUT2D eigenvalue weighted by Gasteiger charge is -2.38. The maximum atomic E-state index is 13.4. The number of amides is 2. The summed E-state index contributed by atoms with van der Waals surface area (Å²) in [6, 6.07) is 8.34. The van der Waals surface area contributed by atoms with E-state index in [0.29, 0.717) is 36.4 Å². The molecule has 0 unspecified atom stereocenters. The number of carbonyl (C=O) groups excluding carboxylic acids is 2. The molecule has 3 atom stereocenters. The van der Waals surface area contributed by atoms with Crippen molar-refractivity contribution in [2.75, 3.05) is 31.2 Å². The van der Waals surface area contributed by atoms with Crippen LogP contribution in [-0.2, 0) is 16.0 Å². The molecule has 0 saturated carbocycles. The van der Waals surface area contributed by atoms with Crippen molar-refractivity contribution in [3.8, 4) is 0 Å². The van der Waals surface area contributed by atoms with E-state index in [2.05, 4.69) is 47.4 Å². The van der Waals surface area contributed by atoms with Gasteiger partial charge in [-0.15, -0.1) is 11.3 Å². The number of fused-ring (bicyclic) bond motifs is 1. The third kappa shape index (κ3) is 4.82. The summed E-state index contributed by atoms with van der Waals surface area (Å²) < 4.78 is 1.16. The fourth-order valence-corrected chi connectivity index (χ4v) is 6.59. The fourth-order valence-electron chi connectivity index (χ4n) is 5.45. The van der Waals surface area contributed by atoms with E-state index in [1.54, 1.807) is 22.3 Å². The van der Waals surface area contributed by atoms with Crippen LogP contribution in [0.3, 0.4) is 0 Å². The Balaban J connectivity index is 1.38. The average molecular weight is 507 g/mol. The summed E-state index contributed by atoms with van der Waals surface area (Å²) in [4.78, 5) is 39.6. The normalized spacial score (nSPS) is 22.8. The number of pyridine rings is 1. The zero-order valence-electron chi connectivity index (χ0n) is 21.2. The van der Waals surface area contributed by atoms with Gasteiger partial charge in [0.15, 0.2) is 0 Å². The summed E-state index contributed by atoms with van der Waals surface area (Å²) in [5, 5.41) is 3.89. The maximum Gasteiger partial charge on any atom is 0.313 e. The minimum Gasteiger partial charge on any atom is -0.383 e. The van der Waals surface area contributed by atoms with Gasteiger partial charge in [0.25, 0.3) is 0 Å². The quantitative estimate of drug-likeness (QED) is 0.504. The molecular formula is C27H34N6O2S. The van der Waals surface area contributed by atoms with E-state index < -0.39 is 11.8 Å². The molecule has 2 aliphatic heterocycles. The number of aryl methyl sites for hydroxylation is 1. The topological polar surface area (TPSA) is 104 Å². The first-order chi connectivity index (χ1) is 17.3. The number of benzene rings is 1. The Morgan fingerprint density at radius 3 is 2.78 bits per heavy atom. The first kappa shape index (κ1) is 24.6. The van der Waals surface area contributed by atoms with Crippen LogP contribution in [0.4, 0.5) is 11.5 Å². The van der Waals surface area contributed by atoms with Crippen molar-refractivity contribution in [1.82, 2.24) is 19.8 Å². The van der Waals surface area contributed by atoms with E-state index >= 15 is 0 Å². The third-order valence-electron chi connectivity index (χ3n) is 7.53. The second-order valence-corrected chi connectivity index (χ2v) is 11.2. The number of nitrogens with two attached hydrogens (primary N) is 1. The number of anilines is 2. The highest BCUT2D eigenvalue weighted by Crippen LogP contribution is 2.38. The molecule has 3 N–H and O–H groups in total. The predicted molar refractivity (Wildman–Crippen MR) is 144 cm³/mol.